The van der Waals surface area contributed by atoms with Gasteiger partial charge in [-0.2, -0.15) is 0 Å². The number of likely N-dealkylation sites (tertiary alicyclic amines) is 1. The largest absolute Gasteiger partial charge is 0.361 e. The third-order valence-electron chi connectivity index (χ3n) is 2.48. The van der Waals surface area contributed by atoms with Crippen LogP contribution in [0.4, 0.5) is 0 Å². The lowest BCUT2D eigenvalue weighted by atomic mass is 9.96. The van der Waals surface area contributed by atoms with Crippen LogP contribution < -0.4 is 0 Å². The smallest absolute Gasteiger partial charge is 0.141 e. The molecular formula is C9H14N2O. The third-order valence-corrected chi connectivity index (χ3v) is 2.48. The van der Waals surface area contributed by atoms with Gasteiger partial charge in [0.1, 0.15) is 5.76 Å². The van der Waals surface area contributed by atoms with Crippen LogP contribution in [0.1, 0.15) is 24.5 Å². The molecule has 12 heavy (non-hydrogen) atoms. The first kappa shape index (κ1) is 7.80. The van der Waals surface area contributed by atoms with Crippen LogP contribution >= 0.6 is 0 Å². The Labute approximate surface area is 72.3 Å². The van der Waals surface area contributed by atoms with Gasteiger partial charge >= 0.3 is 0 Å². The highest BCUT2D eigenvalue weighted by atomic mass is 16.5. The maximum atomic E-state index is 5.14. The summed E-state index contributed by atoms with van der Waals surface area (Å²) in [7, 11) is 2.16. The summed E-state index contributed by atoms with van der Waals surface area (Å²) in [5.41, 5.74) is 0. The molecule has 0 bridgehead atoms. The van der Waals surface area contributed by atoms with Crippen LogP contribution in [0.5, 0.6) is 0 Å². The molecule has 3 nitrogen and oxygen atoms in total. The van der Waals surface area contributed by atoms with Gasteiger partial charge in [0.15, 0.2) is 0 Å². The van der Waals surface area contributed by atoms with Crippen LogP contribution in [0.25, 0.3) is 0 Å². The number of rotatable bonds is 1. The van der Waals surface area contributed by atoms with Gasteiger partial charge < -0.3 is 9.42 Å². The van der Waals surface area contributed by atoms with E-state index in [-0.39, 0.29) is 0 Å². The van der Waals surface area contributed by atoms with Crippen LogP contribution in [0.3, 0.4) is 0 Å². The molecule has 0 amide bonds. The Balaban J connectivity index is 2.04. The molecule has 0 spiro atoms. The summed E-state index contributed by atoms with van der Waals surface area (Å²) < 4.78 is 5.14. The van der Waals surface area contributed by atoms with Crippen molar-refractivity contribution in [3.63, 3.8) is 0 Å². The Kier molecular flexibility index (Phi) is 2.13. The maximum Gasteiger partial charge on any atom is 0.141 e. The second-order valence-electron chi connectivity index (χ2n) is 3.52. The maximum absolute atomic E-state index is 5.14. The molecule has 0 N–H and O–H groups in total. The summed E-state index contributed by atoms with van der Waals surface area (Å²) in [5, 5.41) is 3.73. The van der Waals surface area contributed by atoms with Gasteiger partial charge in [0.05, 0.1) is 6.20 Å². The zero-order valence-corrected chi connectivity index (χ0v) is 7.36. The van der Waals surface area contributed by atoms with Crippen LogP contribution in [-0.4, -0.2) is 30.2 Å². The van der Waals surface area contributed by atoms with Gasteiger partial charge in [-0.1, -0.05) is 5.16 Å². The normalized spacial score (nSPS) is 25.9. The van der Waals surface area contributed by atoms with Gasteiger partial charge in [0.2, 0.25) is 0 Å². The molecule has 0 aromatic carbocycles. The second-order valence-corrected chi connectivity index (χ2v) is 3.52. The van der Waals surface area contributed by atoms with Crippen molar-refractivity contribution in [3.8, 4) is 0 Å². The summed E-state index contributed by atoms with van der Waals surface area (Å²) in [6, 6.07) is 1.98. The van der Waals surface area contributed by atoms with Gasteiger partial charge in [-0.15, -0.1) is 0 Å². The van der Waals surface area contributed by atoms with E-state index in [0.717, 1.165) is 12.3 Å². The Hall–Kier alpha value is -0.830. The molecule has 1 aliphatic heterocycles. The Morgan fingerprint density at radius 1 is 1.67 bits per heavy atom. The average molecular weight is 166 g/mol. The van der Waals surface area contributed by atoms with Crippen molar-refractivity contribution in [3.05, 3.63) is 18.0 Å². The summed E-state index contributed by atoms with van der Waals surface area (Å²) >= 11 is 0. The monoisotopic (exact) mass is 166 g/mol. The molecule has 0 radical (unpaired) electrons. The van der Waals surface area contributed by atoms with Crippen molar-refractivity contribution in [2.24, 2.45) is 0 Å². The van der Waals surface area contributed by atoms with Crippen molar-refractivity contribution in [1.29, 1.82) is 0 Å². The van der Waals surface area contributed by atoms with Crippen LogP contribution in [0.15, 0.2) is 16.8 Å². The number of hydrogen-bond acceptors (Lipinski definition) is 3. The van der Waals surface area contributed by atoms with Gasteiger partial charge in [-0.3, -0.25) is 0 Å². The van der Waals surface area contributed by atoms with Crippen molar-refractivity contribution in [1.82, 2.24) is 10.1 Å². The lowest BCUT2D eigenvalue weighted by Gasteiger charge is -2.27. The number of nitrogens with zero attached hydrogens (tertiary/aromatic N) is 2. The van der Waals surface area contributed by atoms with Gasteiger partial charge in [-0.05, 0) is 26.4 Å². The predicted molar refractivity (Wildman–Crippen MR) is 46.0 cm³/mol. The minimum atomic E-state index is 0.561. The van der Waals surface area contributed by atoms with Gasteiger partial charge in [0, 0.05) is 18.5 Å². The van der Waals surface area contributed by atoms with E-state index in [2.05, 4.69) is 17.1 Å². The fraction of sp³-hybridized carbons (Fsp3) is 0.667. The molecule has 1 aromatic heterocycles. The minimum absolute atomic E-state index is 0.561. The summed E-state index contributed by atoms with van der Waals surface area (Å²) in [6.45, 7) is 2.32. The van der Waals surface area contributed by atoms with E-state index in [9.17, 15) is 0 Å². The van der Waals surface area contributed by atoms with E-state index in [1.165, 1.54) is 19.4 Å². The van der Waals surface area contributed by atoms with E-state index in [1.54, 1.807) is 6.20 Å². The fourth-order valence-corrected chi connectivity index (χ4v) is 1.83. The SMILES string of the molecule is CN1CCCC(c2ccno2)C1. The van der Waals surface area contributed by atoms with Crippen LogP contribution in [-0.2, 0) is 0 Å². The minimum Gasteiger partial charge on any atom is -0.361 e. The quantitative estimate of drug-likeness (QED) is 0.633. The van der Waals surface area contributed by atoms with E-state index in [4.69, 9.17) is 4.52 Å². The highest BCUT2D eigenvalue weighted by Gasteiger charge is 2.21. The molecule has 1 aromatic rings. The molecule has 3 heteroatoms. The van der Waals surface area contributed by atoms with Crippen molar-refractivity contribution in [2.75, 3.05) is 20.1 Å². The molecule has 0 saturated carbocycles. The first-order chi connectivity index (χ1) is 5.86. The van der Waals surface area contributed by atoms with Crippen molar-refractivity contribution in [2.45, 2.75) is 18.8 Å². The van der Waals surface area contributed by atoms with E-state index in [0.29, 0.717) is 5.92 Å². The number of piperidine rings is 1. The topological polar surface area (TPSA) is 29.3 Å². The fourth-order valence-electron chi connectivity index (χ4n) is 1.83. The Morgan fingerprint density at radius 2 is 2.58 bits per heavy atom. The van der Waals surface area contributed by atoms with E-state index in [1.807, 2.05) is 6.07 Å². The molecule has 1 atom stereocenters. The van der Waals surface area contributed by atoms with Gasteiger partial charge in [-0.25, -0.2) is 0 Å². The zero-order chi connectivity index (χ0) is 8.39. The van der Waals surface area contributed by atoms with Crippen LogP contribution in [0, 0.1) is 0 Å². The lowest BCUT2D eigenvalue weighted by Crippen LogP contribution is -2.30. The highest BCUT2D eigenvalue weighted by molar-refractivity contribution is 5.03. The van der Waals surface area contributed by atoms with E-state index < -0.39 is 0 Å². The molecule has 1 fully saturated rings. The Bertz CT molecular complexity index is 233. The lowest BCUT2D eigenvalue weighted by molar-refractivity contribution is 0.224. The molecule has 0 aliphatic carbocycles. The van der Waals surface area contributed by atoms with Crippen molar-refractivity contribution < 1.29 is 4.52 Å². The average Bonchev–Trinajstić information content (AvgIpc) is 2.56. The molecule has 1 saturated heterocycles. The van der Waals surface area contributed by atoms with Gasteiger partial charge in [0.25, 0.3) is 0 Å². The number of aromatic nitrogens is 1. The summed E-state index contributed by atoms with van der Waals surface area (Å²) in [5.74, 6) is 1.60. The van der Waals surface area contributed by atoms with Crippen molar-refractivity contribution >= 4 is 0 Å². The molecule has 2 rings (SSSR count). The van der Waals surface area contributed by atoms with Crippen LogP contribution in [0.2, 0.25) is 0 Å². The number of hydrogen-bond donors (Lipinski definition) is 0. The summed E-state index contributed by atoms with van der Waals surface area (Å²) in [4.78, 5) is 2.34. The molecule has 2 heterocycles. The first-order valence-corrected chi connectivity index (χ1v) is 4.45. The van der Waals surface area contributed by atoms with E-state index >= 15 is 0 Å². The Morgan fingerprint density at radius 3 is 3.25 bits per heavy atom. The summed E-state index contributed by atoms with van der Waals surface area (Å²) in [6.07, 6.45) is 4.23. The molecule has 66 valence electrons. The molecule has 1 aliphatic rings. The third kappa shape index (κ3) is 1.50. The first-order valence-electron chi connectivity index (χ1n) is 4.45. The second kappa shape index (κ2) is 3.27. The highest BCUT2D eigenvalue weighted by Crippen LogP contribution is 2.25. The molecule has 1 unspecified atom stereocenters. The standard InChI is InChI=1S/C9H14N2O/c1-11-6-2-3-8(7-11)9-4-5-10-12-9/h4-5,8H,2-3,6-7H2,1H3. The predicted octanol–water partition coefficient (Wildman–Crippen LogP) is 1.48. The molecular weight excluding hydrogens is 152 g/mol. The number of likely N-dealkylation sites (N-methyl/N-ethyl adjacent to an activating group) is 1. The zero-order valence-electron chi connectivity index (χ0n) is 7.36.